The molecule has 0 aliphatic carbocycles. The Bertz CT molecular complexity index is 256. The fourth-order valence-corrected chi connectivity index (χ4v) is 1.79. The van der Waals surface area contributed by atoms with Crippen LogP contribution in [0.2, 0.25) is 0 Å². The van der Waals surface area contributed by atoms with Gasteiger partial charge in [-0.1, -0.05) is 0 Å². The average molecular weight is 215 g/mol. The molecule has 0 bridgehead atoms. The number of hydrogen-bond acceptors (Lipinski definition) is 0. The van der Waals surface area contributed by atoms with Crippen molar-refractivity contribution in [1.82, 2.24) is 0 Å². The monoisotopic (exact) mass is 213 g/mol. The Morgan fingerprint density at radius 1 is 1.25 bits per heavy atom. The second kappa shape index (κ2) is 4.74. The minimum Gasteiger partial charge on any atom is -2.00 e. The molecule has 0 radical (unpaired) electrons. The number of hydrogen-bond donors (Lipinski definition) is 0. The Morgan fingerprint density at radius 2 is 1.83 bits per heavy atom. The van der Waals surface area contributed by atoms with Crippen molar-refractivity contribution in [2.45, 2.75) is 26.7 Å². The summed E-state index contributed by atoms with van der Waals surface area (Å²) in [7, 11) is 0. The number of aryl methyl sites for hydroxylation is 1. The third-order valence-corrected chi connectivity index (χ3v) is 3.64. The van der Waals surface area contributed by atoms with E-state index in [4.69, 9.17) is 0 Å². The fraction of sp³-hybridized carbons (Fsp3) is 0.400. The van der Waals surface area contributed by atoms with Gasteiger partial charge in [0.1, 0.15) is 0 Å². The quantitative estimate of drug-likeness (QED) is 0.641. The van der Waals surface area contributed by atoms with Gasteiger partial charge in [-0.05, 0) is 0 Å². The Morgan fingerprint density at radius 3 is 2.25 bits per heavy atom. The van der Waals surface area contributed by atoms with Crippen molar-refractivity contribution in [2.24, 2.45) is 0 Å². The van der Waals surface area contributed by atoms with E-state index in [2.05, 4.69) is 39.0 Å². The van der Waals surface area contributed by atoms with E-state index in [9.17, 15) is 0 Å². The minimum atomic E-state index is 0. The molecule has 1 rings (SSSR count). The SMILES string of the molecule is Cc1ccc(C(C)C)c[c]1[Zn+2].[O-2]. The molecule has 0 saturated heterocycles. The average Bonchev–Trinajstić information content (AvgIpc) is 1.94. The summed E-state index contributed by atoms with van der Waals surface area (Å²) in [5, 5.41) is 0. The number of rotatable bonds is 1. The molecule has 0 aromatic heterocycles. The van der Waals surface area contributed by atoms with Gasteiger partial charge < -0.3 is 5.48 Å². The van der Waals surface area contributed by atoms with Crippen molar-refractivity contribution in [3.8, 4) is 0 Å². The van der Waals surface area contributed by atoms with Crippen LogP contribution in [0.4, 0.5) is 0 Å². The van der Waals surface area contributed by atoms with Crippen molar-refractivity contribution < 1.29 is 23.8 Å². The molecule has 12 heavy (non-hydrogen) atoms. The first-order chi connectivity index (χ1) is 5.11. The van der Waals surface area contributed by atoms with Crippen molar-refractivity contribution >= 4 is 4.16 Å². The van der Waals surface area contributed by atoms with Crippen LogP contribution in [0.3, 0.4) is 0 Å². The zero-order chi connectivity index (χ0) is 8.43. The van der Waals surface area contributed by atoms with Gasteiger partial charge in [-0.25, -0.2) is 0 Å². The minimum absolute atomic E-state index is 0. The molecular weight excluding hydrogens is 201 g/mol. The largest absolute Gasteiger partial charge is 2.00 e. The third-order valence-electron chi connectivity index (χ3n) is 2.04. The van der Waals surface area contributed by atoms with Crippen molar-refractivity contribution in [2.75, 3.05) is 0 Å². The second-order valence-electron chi connectivity index (χ2n) is 3.34. The summed E-state index contributed by atoms with van der Waals surface area (Å²) in [5.74, 6) is 0.667. The van der Waals surface area contributed by atoms with E-state index in [1.54, 1.807) is 0 Å². The van der Waals surface area contributed by atoms with Crippen LogP contribution < -0.4 is 4.16 Å². The molecular formula is C10H13OZn. The van der Waals surface area contributed by atoms with Gasteiger partial charge in [0.25, 0.3) is 0 Å². The molecule has 0 saturated carbocycles. The maximum Gasteiger partial charge on any atom is -2.00 e. The molecule has 0 spiro atoms. The molecule has 2 heteroatoms. The topological polar surface area (TPSA) is 28.5 Å². The smallest absolute Gasteiger partial charge is 2.00 e. The van der Waals surface area contributed by atoms with Crippen LogP contribution in [0.25, 0.3) is 0 Å². The molecule has 0 atom stereocenters. The van der Waals surface area contributed by atoms with Crippen molar-refractivity contribution in [3.05, 3.63) is 29.3 Å². The van der Waals surface area contributed by atoms with Gasteiger partial charge in [-0.3, -0.25) is 0 Å². The molecule has 0 N–H and O–H groups in total. The van der Waals surface area contributed by atoms with Crippen LogP contribution >= 0.6 is 0 Å². The Kier molecular flexibility index (Phi) is 4.66. The van der Waals surface area contributed by atoms with Gasteiger partial charge in [0.05, 0.1) is 0 Å². The van der Waals surface area contributed by atoms with Gasteiger partial charge >= 0.3 is 78.5 Å². The van der Waals surface area contributed by atoms with E-state index >= 15 is 0 Å². The normalized spacial score (nSPS) is 9.83. The second-order valence-corrected chi connectivity index (χ2v) is 4.94. The standard InChI is InChI=1S/C10H13.O.Zn/c1-8(2)10-6-4-9(3)5-7-10;;/h4,6-8H,1-3H3;;/q;-2;+2. The van der Waals surface area contributed by atoms with E-state index in [0.717, 1.165) is 0 Å². The third kappa shape index (κ3) is 2.69. The molecule has 0 heterocycles. The van der Waals surface area contributed by atoms with Gasteiger partial charge in [-0.2, -0.15) is 0 Å². The molecule has 0 unspecified atom stereocenters. The maximum atomic E-state index is 2.33. The summed E-state index contributed by atoms with van der Waals surface area (Å²) >= 11 is 1.27. The predicted molar refractivity (Wildman–Crippen MR) is 45.6 cm³/mol. The van der Waals surface area contributed by atoms with Gasteiger partial charge in [-0.15, -0.1) is 0 Å². The van der Waals surface area contributed by atoms with E-state index in [1.807, 2.05) is 0 Å². The predicted octanol–water partition coefficient (Wildman–Crippen LogP) is 2.17. The van der Waals surface area contributed by atoms with E-state index in [0.29, 0.717) is 5.92 Å². The summed E-state index contributed by atoms with van der Waals surface area (Å²) in [6, 6.07) is 6.80. The van der Waals surface area contributed by atoms with Crippen LogP contribution in [0.5, 0.6) is 0 Å². The Hall–Kier alpha value is -0.197. The molecule has 0 aliphatic heterocycles. The zero-order valence-electron chi connectivity index (χ0n) is 7.92. The van der Waals surface area contributed by atoms with E-state index < -0.39 is 0 Å². The molecule has 0 aliphatic rings. The van der Waals surface area contributed by atoms with Gasteiger partial charge in [0, 0.05) is 0 Å². The molecule has 1 nitrogen and oxygen atoms in total. The van der Waals surface area contributed by atoms with Crippen LogP contribution in [-0.4, -0.2) is 0 Å². The molecule has 61 valence electrons. The van der Waals surface area contributed by atoms with Gasteiger partial charge in [0.15, 0.2) is 0 Å². The van der Waals surface area contributed by atoms with Crippen LogP contribution in [-0.2, 0) is 23.8 Å². The molecule has 0 amide bonds. The van der Waals surface area contributed by atoms with Crippen LogP contribution in [0.1, 0.15) is 30.9 Å². The summed E-state index contributed by atoms with van der Waals surface area (Å²) in [4.78, 5) is 0. The van der Waals surface area contributed by atoms with Gasteiger partial charge in [0.2, 0.25) is 0 Å². The molecule has 0 fully saturated rings. The summed E-state index contributed by atoms with van der Waals surface area (Å²) < 4.78 is 1.52. The molecule has 1 aromatic carbocycles. The maximum absolute atomic E-state index is 2.33. The summed E-state index contributed by atoms with van der Waals surface area (Å²) in [6.45, 7) is 6.66. The summed E-state index contributed by atoms with van der Waals surface area (Å²) in [6.07, 6.45) is 0. The molecule has 1 aromatic rings. The fourth-order valence-electron chi connectivity index (χ4n) is 1.05. The Balaban J connectivity index is 0.00000121. The first-order valence-corrected chi connectivity index (χ1v) is 5.52. The van der Waals surface area contributed by atoms with Crippen molar-refractivity contribution in [1.29, 1.82) is 0 Å². The van der Waals surface area contributed by atoms with Crippen molar-refractivity contribution in [3.63, 3.8) is 0 Å². The Labute approximate surface area is 84.2 Å². The summed E-state index contributed by atoms with van der Waals surface area (Å²) in [5.41, 5.74) is 2.91. The van der Waals surface area contributed by atoms with Crippen LogP contribution in [0.15, 0.2) is 18.2 Å². The first kappa shape index (κ1) is 11.8. The zero-order valence-corrected chi connectivity index (χ0v) is 10.9. The first-order valence-electron chi connectivity index (χ1n) is 4.03. The number of benzene rings is 1. The van der Waals surface area contributed by atoms with Crippen LogP contribution in [0, 0.1) is 6.92 Å². The van der Waals surface area contributed by atoms with E-state index in [1.165, 1.54) is 33.6 Å². The van der Waals surface area contributed by atoms with E-state index in [-0.39, 0.29) is 5.48 Å².